The standard InChI is InChI=1S/C18H12Cl3F3N4O2/c1-8(29)10-5-9(19)6-12(21)15(10)26-17(30)13-7-14(18(22,23)24)27-28(13)16-11(20)3-2-4-25-16/h2-6,13H,7H2,1H3,(H,26,30). The summed E-state index contributed by atoms with van der Waals surface area (Å²) in [7, 11) is 0. The van der Waals surface area contributed by atoms with Crippen molar-refractivity contribution < 1.29 is 22.8 Å². The highest BCUT2D eigenvalue weighted by atomic mass is 35.5. The van der Waals surface area contributed by atoms with Crippen molar-refractivity contribution >= 4 is 63.7 Å². The van der Waals surface area contributed by atoms with Gasteiger partial charge in [-0.25, -0.2) is 9.99 Å². The van der Waals surface area contributed by atoms with Crippen LogP contribution < -0.4 is 10.3 Å². The van der Waals surface area contributed by atoms with Gasteiger partial charge in [-0.1, -0.05) is 34.8 Å². The average molecular weight is 480 g/mol. The Labute approximate surface area is 183 Å². The first-order valence-electron chi connectivity index (χ1n) is 8.34. The van der Waals surface area contributed by atoms with Crippen molar-refractivity contribution in [3.63, 3.8) is 0 Å². The van der Waals surface area contributed by atoms with Crippen LogP contribution in [0.4, 0.5) is 24.7 Å². The van der Waals surface area contributed by atoms with Crippen LogP contribution in [-0.2, 0) is 4.79 Å². The third kappa shape index (κ3) is 4.53. The number of pyridine rings is 1. The predicted octanol–water partition coefficient (Wildman–Crippen LogP) is 5.38. The van der Waals surface area contributed by atoms with Gasteiger partial charge in [0.1, 0.15) is 11.8 Å². The van der Waals surface area contributed by atoms with E-state index in [1.807, 2.05) is 0 Å². The number of Topliss-reactive ketones (excluding diaryl/α,β-unsaturated/α-hetero) is 1. The van der Waals surface area contributed by atoms with E-state index in [-0.39, 0.29) is 32.1 Å². The van der Waals surface area contributed by atoms with Crippen molar-refractivity contribution in [2.24, 2.45) is 5.10 Å². The summed E-state index contributed by atoms with van der Waals surface area (Å²) in [4.78, 5) is 28.8. The van der Waals surface area contributed by atoms with E-state index in [4.69, 9.17) is 34.8 Å². The molecule has 12 heteroatoms. The smallest absolute Gasteiger partial charge is 0.322 e. The van der Waals surface area contributed by atoms with Gasteiger partial charge in [-0.3, -0.25) is 9.59 Å². The molecule has 0 spiro atoms. The number of nitrogens with zero attached hydrogens (tertiary/aromatic N) is 3. The molecule has 1 aliphatic heterocycles. The van der Waals surface area contributed by atoms with Gasteiger partial charge in [0.2, 0.25) is 5.91 Å². The Balaban J connectivity index is 1.99. The number of hydrogen-bond acceptors (Lipinski definition) is 5. The second-order valence-electron chi connectivity index (χ2n) is 6.27. The summed E-state index contributed by atoms with van der Waals surface area (Å²) >= 11 is 18.0. The summed E-state index contributed by atoms with van der Waals surface area (Å²) in [5.41, 5.74) is -1.22. The third-order valence-corrected chi connectivity index (χ3v) is 4.99. The van der Waals surface area contributed by atoms with Gasteiger partial charge >= 0.3 is 6.18 Å². The number of alkyl halides is 3. The molecule has 1 unspecified atom stereocenters. The number of carbonyl (C=O) groups is 2. The van der Waals surface area contributed by atoms with Crippen molar-refractivity contribution in [2.45, 2.75) is 25.6 Å². The number of anilines is 2. The molecule has 158 valence electrons. The maximum atomic E-state index is 13.3. The van der Waals surface area contributed by atoms with Crippen molar-refractivity contribution in [1.29, 1.82) is 0 Å². The SMILES string of the molecule is CC(=O)c1cc(Cl)cc(Cl)c1NC(=O)C1CC(C(F)(F)F)=NN1c1ncccc1Cl. The Kier molecular flexibility index (Phi) is 6.26. The first-order valence-corrected chi connectivity index (χ1v) is 9.47. The molecule has 1 aliphatic rings. The fourth-order valence-corrected chi connectivity index (χ4v) is 3.56. The Hall–Kier alpha value is -2.36. The summed E-state index contributed by atoms with van der Waals surface area (Å²) in [6.07, 6.45) is -4.19. The number of ketones is 1. The molecular formula is C18H12Cl3F3N4O2. The Morgan fingerprint density at radius 3 is 2.50 bits per heavy atom. The number of rotatable bonds is 4. The molecule has 2 aromatic rings. The topological polar surface area (TPSA) is 74.7 Å². The lowest BCUT2D eigenvalue weighted by Gasteiger charge is -2.23. The number of aromatic nitrogens is 1. The van der Waals surface area contributed by atoms with Crippen LogP contribution >= 0.6 is 34.8 Å². The third-order valence-electron chi connectivity index (χ3n) is 4.18. The van der Waals surface area contributed by atoms with Crippen LogP contribution in [0.2, 0.25) is 15.1 Å². The number of hydrazone groups is 1. The van der Waals surface area contributed by atoms with Crippen LogP contribution in [-0.4, -0.2) is 34.6 Å². The zero-order valence-electron chi connectivity index (χ0n) is 15.1. The molecule has 0 bridgehead atoms. The van der Waals surface area contributed by atoms with E-state index in [1.165, 1.54) is 37.4 Å². The Morgan fingerprint density at radius 2 is 1.90 bits per heavy atom. The number of amides is 1. The fourth-order valence-electron chi connectivity index (χ4n) is 2.81. The van der Waals surface area contributed by atoms with Gasteiger partial charge in [0, 0.05) is 23.2 Å². The van der Waals surface area contributed by atoms with E-state index < -0.39 is 36.0 Å². The number of benzene rings is 1. The van der Waals surface area contributed by atoms with Gasteiger partial charge in [-0.2, -0.15) is 18.3 Å². The molecule has 1 N–H and O–H groups in total. The highest BCUT2D eigenvalue weighted by Crippen LogP contribution is 2.35. The summed E-state index contributed by atoms with van der Waals surface area (Å²) in [6, 6.07) is 4.05. The maximum Gasteiger partial charge on any atom is 0.431 e. The molecule has 0 radical (unpaired) electrons. The van der Waals surface area contributed by atoms with E-state index >= 15 is 0 Å². The summed E-state index contributed by atoms with van der Waals surface area (Å²) in [5, 5.41) is 6.87. The quantitative estimate of drug-likeness (QED) is 0.598. The van der Waals surface area contributed by atoms with E-state index in [1.54, 1.807) is 0 Å². The second kappa shape index (κ2) is 8.41. The highest BCUT2D eigenvalue weighted by molar-refractivity contribution is 6.38. The Bertz CT molecular complexity index is 1060. The summed E-state index contributed by atoms with van der Waals surface area (Å²) in [6.45, 7) is 1.23. The summed E-state index contributed by atoms with van der Waals surface area (Å²) < 4.78 is 39.8. The lowest BCUT2D eigenvalue weighted by Crippen LogP contribution is -2.39. The van der Waals surface area contributed by atoms with Crippen molar-refractivity contribution in [3.05, 3.63) is 51.1 Å². The van der Waals surface area contributed by atoms with Crippen LogP contribution in [0.15, 0.2) is 35.6 Å². The minimum atomic E-state index is -4.75. The fraction of sp³-hybridized carbons (Fsp3) is 0.222. The van der Waals surface area contributed by atoms with Crippen LogP contribution in [0.25, 0.3) is 0 Å². The lowest BCUT2D eigenvalue weighted by atomic mass is 10.1. The van der Waals surface area contributed by atoms with Gasteiger partial charge in [-0.05, 0) is 31.2 Å². The van der Waals surface area contributed by atoms with Crippen molar-refractivity contribution in [3.8, 4) is 0 Å². The molecule has 1 amide bonds. The average Bonchev–Trinajstić information content (AvgIpc) is 3.09. The normalized spacial score (nSPS) is 16.4. The van der Waals surface area contributed by atoms with Crippen LogP contribution in [0.3, 0.4) is 0 Å². The van der Waals surface area contributed by atoms with Gasteiger partial charge in [0.05, 0.1) is 15.7 Å². The van der Waals surface area contributed by atoms with Gasteiger partial charge in [-0.15, -0.1) is 0 Å². The van der Waals surface area contributed by atoms with Crippen LogP contribution in [0.1, 0.15) is 23.7 Å². The molecule has 6 nitrogen and oxygen atoms in total. The Morgan fingerprint density at radius 1 is 1.20 bits per heavy atom. The largest absolute Gasteiger partial charge is 0.431 e. The molecule has 3 rings (SSSR count). The zero-order chi connectivity index (χ0) is 22.2. The number of halogens is 6. The molecule has 2 heterocycles. The van der Waals surface area contributed by atoms with Crippen LogP contribution in [0.5, 0.6) is 0 Å². The van der Waals surface area contributed by atoms with E-state index in [0.717, 1.165) is 5.01 Å². The molecule has 1 aromatic carbocycles. The van der Waals surface area contributed by atoms with Gasteiger partial charge in [0.25, 0.3) is 0 Å². The lowest BCUT2D eigenvalue weighted by molar-refractivity contribution is -0.117. The molecular weight excluding hydrogens is 468 g/mol. The molecule has 0 aliphatic carbocycles. The number of carbonyl (C=O) groups excluding carboxylic acids is 2. The minimum absolute atomic E-state index is 0.0106. The van der Waals surface area contributed by atoms with E-state index in [0.29, 0.717) is 0 Å². The zero-order valence-corrected chi connectivity index (χ0v) is 17.4. The van der Waals surface area contributed by atoms with Crippen LogP contribution in [0, 0.1) is 0 Å². The molecule has 1 aromatic heterocycles. The van der Waals surface area contributed by atoms with Crippen molar-refractivity contribution in [2.75, 3.05) is 10.3 Å². The monoisotopic (exact) mass is 478 g/mol. The van der Waals surface area contributed by atoms with Gasteiger partial charge < -0.3 is 5.32 Å². The second-order valence-corrected chi connectivity index (χ2v) is 7.52. The molecule has 0 fully saturated rings. The number of hydrogen-bond donors (Lipinski definition) is 1. The maximum absolute atomic E-state index is 13.3. The highest BCUT2D eigenvalue weighted by Gasteiger charge is 2.46. The minimum Gasteiger partial charge on any atom is -0.322 e. The van der Waals surface area contributed by atoms with E-state index in [2.05, 4.69) is 15.4 Å². The summed E-state index contributed by atoms with van der Waals surface area (Å²) in [5.74, 6) is -1.45. The first kappa shape index (κ1) is 22.3. The molecule has 0 saturated heterocycles. The number of nitrogens with one attached hydrogen (secondary N) is 1. The van der Waals surface area contributed by atoms with E-state index in [9.17, 15) is 22.8 Å². The predicted molar refractivity (Wildman–Crippen MR) is 109 cm³/mol. The first-order chi connectivity index (χ1) is 14.0. The van der Waals surface area contributed by atoms with Crippen molar-refractivity contribution in [1.82, 2.24) is 4.98 Å². The molecule has 30 heavy (non-hydrogen) atoms. The molecule has 1 atom stereocenters. The van der Waals surface area contributed by atoms with Gasteiger partial charge in [0.15, 0.2) is 11.6 Å². The molecule has 0 saturated carbocycles.